The van der Waals surface area contributed by atoms with Gasteiger partial charge in [-0.25, -0.2) is 0 Å². The molecule has 2 aromatic rings. The fourth-order valence-electron chi connectivity index (χ4n) is 3.02. The maximum absolute atomic E-state index is 12.9. The highest BCUT2D eigenvalue weighted by Gasteiger charge is 2.40. The van der Waals surface area contributed by atoms with Crippen molar-refractivity contribution < 1.29 is 19.4 Å². The Kier molecular flexibility index (Phi) is 5.23. The molecule has 3 atom stereocenters. The van der Waals surface area contributed by atoms with Crippen molar-refractivity contribution >= 4 is 40.8 Å². The van der Waals surface area contributed by atoms with Crippen molar-refractivity contribution in [2.24, 2.45) is 5.92 Å². The first-order valence-electron chi connectivity index (χ1n) is 8.01. The molecule has 5 nitrogen and oxygen atoms in total. The van der Waals surface area contributed by atoms with Gasteiger partial charge < -0.3 is 14.7 Å². The number of carboxylic acids is 1. The zero-order chi connectivity index (χ0) is 19.0. The molecule has 26 heavy (non-hydrogen) atoms. The van der Waals surface area contributed by atoms with Crippen LogP contribution in [-0.2, 0) is 14.3 Å². The largest absolute Gasteiger partial charge is 0.481 e. The molecule has 1 amide bonds. The van der Waals surface area contributed by atoms with Gasteiger partial charge >= 0.3 is 5.97 Å². The van der Waals surface area contributed by atoms with Crippen LogP contribution in [0.5, 0.6) is 0 Å². The molecule has 0 bridgehead atoms. The Morgan fingerprint density at radius 1 is 1.19 bits per heavy atom. The van der Waals surface area contributed by atoms with E-state index >= 15 is 0 Å². The highest BCUT2D eigenvalue weighted by molar-refractivity contribution is 6.31. The Bertz CT molecular complexity index is 870. The van der Waals surface area contributed by atoms with Crippen molar-refractivity contribution in [3.05, 3.63) is 63.6 Å². The third-order valence-corrected chi connectivity index (χ3v) is 5.10. The predicted octanol–water partition coefficient (Wildman–Crippen LogP) is 4.17. The van der Waals surface area contributed by atoms with Crippen LogP contribution in [0.4, 0.5) is 5.69 Å². The molecule has 0 saturated carbocycles. The summed E-state index contributed by atoms with van der Waals surface area (Å²) < 4.78 is 6.05. The molecule has 0 fully saturated rings. The Labute approximate surface area is 161 Å². The van der Waals surface area contributed by atoms with Crippen LogP contribution in [-0.4, -0.2) is 30.1 Å². The average molecular weight is 394 g/mol. The number of fused-ring (bicyclic) bond motifs is 1. The summed E-state index contributed by atoms with van der Waals surface area (Å²) in [7, 11) is 1.59. The predicted molar refractivity (Wildman–Crippen MR) is 99.8 cm³/mol. The van der Waals surface area contributed by atoms with Gasteiger partial charge in [0, 0.05) is 33.9 Å². The average Bonchev–Trinajstić information content (AvgIpc) is 2.71. The molecule has 3 rings (SSSR count). The number of benzene rings is 2. The van der Waals surface area contributed by atoms with E-state index in [4.69, 9.17) is 27.9 Å². The SMILES string of the molecule is CC(C(=O)O)C1OC(c2ccccc2Cl)c2cc(Cl)ccc2N(C)C1=O. The molecule has 2 aromatic carbocycles. The van der Waals surface area contributed by atoms with Crippen LogP contribution in [0.15, 0.2) is 42.5 Å². The summed E-state index contributed by atoms with van der Waals surface area (Å²) in [5.41, 5.74) is 1.90. The van der Waals surface area contributed by atoms with Crippen molar-refractivity contribution in [3.63, 3.8) is 0 Å². The topological polar surface area (TPSA) is 66.8 Å². The minimum atomic E-state index is -1.16. The first-order valence-corrected chi connectivity index (χ1v) is 8.76. The number of ether oxygens (including phenoxy) is 1. The molecule has 0 aromatic heterocycles. The Morgan fingerprint density at radius 2 is 1.88 bits per heavy atom. The molecule has 0 spiro atoms. The smallest absolute Gasteiger partial charge is 0.309 e. The summed E-state index contributed by atoms with van der Waals surface area (Å²) in [6.45, 7) is 1.45. The van der Waals surface area contributed by atoms with Crippen LogP contribution in [0.2, 0.25) is 10.0 Å². The number of hydrogen-bond donors (Lipinski definition) is 1. The number of carboxylic acid groups (broad SMARTS) is 1. The molecule has 1 N–H and O–H groups in total. The lowest BCUT2D eigenvalue weighted by atomic mass is 9.99. The summed E-state index contributed by atoms with van der Waals surface area (Å²) in [6, 6.07) is 12.2. The van der Waals surface area contributed by atoms with Crippen molar-refractivity contribution in [1.82, 2.24) is 0 Å². The fraction of sp³-hybridized carbons (Fsp3) is 0.263. The highest BCUT2D eigenvalue weighted by atomic mass is 35.5. The summed E-state index contributed by atoms with van der Waals surface area (Å²) >= 11 is 12.5. The number of aliphatic carboxylic acids is 1. The second-order valence-corrected chi connectivity index (χ2v) is 7.03. The van der Waals surface area contributed by atoms with E-state index in [-0.39, 0.29) is 0 Å². The standard InChI is InChI=1S/C19H17Cl2NO4/c1-10(19(24)25)16-18(23)22(2)15-8-7-11(20)9-13(15)17(26-16)12-5-3-4-6-14(12)21/h3-10,16-17H,1-2H3,(H,24,25). The van der Waals surface area contributed by atoms with Crippen LogP contribution in [0.25, 0.3) is 0 Å². The number of hydrogen-bond acceptors (Lipinski definition) is 3. The number of rotatable bonds is 3. The number of carbonyl (C=O) groups excluding carboxylic acids is 1. The van der Waals surface area contributed by atoms with Gasteiger partial charge in [0.05, 0.1) is 5.92 Å². The normalized spacial score (nSPS) is 21.1. The fourth-order valence-corrected chi connectivity index (χ4v) is 3.43. The maximum atomic E-state index is 12.9. The van der Waals surface area contributed by atoms with E-state index in [0.717, 1.165) is 0 Å². The van der Waals surface area contributed by atoms with Gasteiger partial charge in [-0.1, -0.05) is 41.4 Å². The molecule has 7 heteroatoms. The van der Waals surface area contributed by atoms with Crippen LogP contribution in [0.1, 0.15) is 24.2 Å². The molecular formula is C19H17Cl2NO4. The number of likely N-dealkylation sites (N-methyl/N-ethyl adjacent to an activating group) is 1. The molecule has 136 valence electrons. The van der Waals surface area contributed by atoms with Crippen LogP contribution in [0.3, 0.4) is 0 Å². The van der Waals surface area contributed by atoms with Crippen molar-refractivity contribution in [2.75, 3.05) is 11.9 Å². The zero-order valence-electron chi connectivity index (χ0n) is 14.1. The van der Waals surface area contributed by atoms with Gasteiger partial charge in [-0.05, 0) is 31.2 Å². The van der Waals surface area contributed by atoms with Crippen molar-refractivity contribution in [1.29, 1.82) is 0 Å². The van der Waals surface area contributed by atoms with Crippen molar-refractivity contribution in [3.8, 4) is 0 Å². The third kappa shape index (κ3) is 3.30. The summed E-state index contributed by atoms with van der Waals surface area (Å²) in [5, 5.41) is 10.3. The van der Waals surface area contributed by atoms with Gasteiger partial charge in [0.2, 0.25) is 0 Å². The Balaban J connectivity index is 2.21. The van der Waals surface area contributed by atoms with Crippen LogP contribution in [0, 0.1) is 5.92 Å². The quantitative estimate of drug-likeness (QED) is 0.849. The monoisotopic (exact) mass is 393 g/mol. The molecule has 0 aliphatic carbocycles. The van der Waals surface area contributed by atoms with Gasteiger partial charge in [0.1, 0.15) is 6.10 Å². The zero-order valence-corrected chi connectivity index (χ0v) is 15.7. The first kappa shape index (κ1) is 18.7. The number of nitrogens with zero attached hydrogens (tertiary/aromatic N) is 1. The molecule has 0 radical (unpaired) electrons. The summed E-state index contributed by atoms with van der Waals surface area (Å²) in [5.74, 6) is -2.57. The summed E-state index contributed by atoms with van der Waals surface area (Å²) in [4.78, 5) is 25.8. The Morgan fingerprint density at radius 3 is 2.54 bits per heavy atom. The van der Waals surface area contributed by atoms with E-state index in [1.54, 1.807) is 49.5 Å². The Hall–Kier alpha value is -2.08. The molecular weight excluding hydrogens is 377 g/mol. The highest BCUT2D eigenvalue weighted by Crippen LogP contribution is 2.41. The summed E-state index contributed by atoms with van der Waals surface area (Å²) in [6.07, 6.45) is -1.89. The van der Waals surface area contributed by atoms with Gasteiger partial charge in [-0.2, -0.15) is 0 Å². The molecule has 1 aliphatic rings. The first-order chi connectivity index (χ1) is 12.3. The van der Waals surface area contributed by atoms with Gasteiger partial charge in [0.25, 0.3) is 5.91 Å². The van der Waals surface area contributed by atoms with E-state index in [1.165, 1.54) is 11.8 Å². The molecule has 1 heterocycles. The lowest BCUT2D eigenvalue weighted by Gasteiger charge is -2.25. The lowest BCUT2D eigenvalue weighted by molar-refractivity contribution is -0.154. The van der Waals surface area contributed by atoms with Crippen LogP contribution < -0.4 is 4.90 Å². The van der Waals surface area contributed by atoms with E-state index in [9.17, 15) is 14.7 Å². The van der Waals surface area contributed by atoms with Crippen molar-refractivity contribution in [2.45, 2.75) is 19.1 Å². The third-order valence-electron chi connectivity index (χ3n) is 4.52. The number of carbonyl (C=O) groups is 2. The lowest BCUT2D eigenvalue weighted by Crippen LogP contribution is -2.43. The second kappa shape index (κ2) is 7.27. The molecule has 3 unspecified atom stereocenters. The van der Waals surface area contributed by atoms with Gasteiger partial charge in [-0.15, -0.1) is 0 Å². The van der Waals surface area contributed by atoms with E-state index < -0.39 is 30.0 Å². The van der Waals surface area contributed by atoms with Crippen LogP contribution >= 0.6 is 23.2 Å². The van der Waals surface area contributed by atoms with E-state index in [2.05, 4.69) is 0 Å². The molecule has 1 aliphatic heterocycles. The minimum absolute atomic E-state index is 0.432. The van der Waals surface area contributed by atoms with E-state index in [1.807, 2.05) is 0 Å². The number of anilines is 1. The molecule has 0 saturated heterocycles. The van der Waals surface area contributed by atoms with Gasteiger partial charge in [-0.3, -0.25) is 9.59 Å². The maximum Gasteiger partial charge on any atom is 0.309 e. The second-order valence-electron chi connectivity index (χ2n) is 6.19. The van der Waals surface area contributed by atoms with Gasteiger partial charge in [0.15, 0.2) is 6.10 Å². The number of halogens is 2. The minimum Gasteiger partial charge on any atom is -0.481 e. The number of amides is 1. The van der Waals surface area contributed by atoms with E-state index in [0.29, 0.717) is 26.9 Å².